The van der Waals surface area contributed by atoms with E-state index in [1.165, 1.54) is 27.2 Å². The standard InChI is InChI=1S/C22H18N4O3S3/c1-2-10-26-21(29)15-12-17(14-7-4-3-5-8-14)32-20(15)23-22(26)31-13-18(27)24-25-19(28)16-9-6-11-30-16/h2-9,11-12H,1,10,13H2,(H,24,27)(H,25,28). The van der Waals surface area contributed by atoms with Gasteiger partial charge in [-0.15, -0.1) is 29.3 Å². The van der Waals surface area contributed by atoms with Gasteiger partial charge in [-0.1, -0.05) is 54.2 Å². The second-order valence-corrected chi connectivity index (χ2v) is 9.48. The van der Waals surface area contributed by atoms with Crippen molar-refractivity contribution in [1.82, 2.24) is 20.4 Å². The van der Waals surface area contributed by atoms with Crippen molar-refractivity contribution in [3.63, 3.8) is 0 Å². The molecule has 0 radical (unpaired) electrons. The fourth-order valence-corrected chi connectivity index (χ4v) is 5.41. The van der Waals surface area contributed by atoms with Crippen molar-refractivity contribution in [2.75, 3.05) is 5.75 Å². The second-order valence-electron chi connectivity index (χ2n) is 6.56. The first kappa shape index (κ1) is 22.0. The topological polar surface area (TPSA) is 93.1 Å². The van der Waals surface area contributed by atoms with Gasteiger partial charge in [-0.2, -0.15) is 0 Å². The van der Waals surface area contributed by atoms with Gasteiger partial charge in [0.25, 0.3) is 11.5 Å². The fraction of sp³-hybridized carbons (Fsp3) is 0.0909. The number of hydrogen-bond donors (Lipinski definition) is 2. The van der Waals surface area contributed by atoms with E-state index in [1.54, 1.807) is 23.6 Å². The molecular weight excluding hydrogens is 464 g/mol. The minimum absolute atomic E-state index is 0.0171. The lowest BCUT2D eigenvalue weighted by molar-refractivity contribution is -0.119. The van der Waals surface area contributed by atoms with Crippen molar-refractivity contribution < 1.29 is 9.59 Å². The van der Waals surface area contributed by atoms with Crippen molar-refractivity contribution in [3.05, 3.63) is 81.8 Å². The Bertz CT molecular complexity index is 1330. The van der Waals surface area contributed by atoms with Gasteiger partial charge >= 0.3 is 0 Å². The summed E-state index contributed by atoms with van der Waals surface area (Å²) in [5.74, 6) is -0.805. The number of thioether (sulfide) groups is 1. The number of amides is 2. The summed E-state index contributed by atoms with van der Waals surface area (Å²) < 4.78 is 1.50. The fourth-order valence-electron chi connectivity index (χ4n) is 2.90. The first-order chi connectivity index (χ1) is 15.6. The molecule has 2 N–H and O–H groups in total. The second kappa shape index (κ2) is 9.94. The molecule has 4 rings (SSSR count). The van der Waals surface area contributed by atoms with Gasteiger partial charge in [0.1, 0.15) is 4.83 Å². The van der Waals surface area contributed by atoms with Crippen LogP contribution in [0.4, 0.5) is 0 Å². The molecule has 0 aliphatic rings. The van der Waals surface area contributed by atoms with E-state index in [4.69, 9.17) is 0 Å². The summed E-state index contributed by atoms with van der Waals surface area (Å²) >= 11 is 3.84. The molecule has 3 aromatic heterocycles. The zero-order chi connectivity index (χ0) is 22.5. The largest absolute Gasteiger partial charge is 0.283 e. The normalized spacial score (nSPS) is 10.8. The Hall–Kier alpha value is -3.21. The van der Waals surface area contributed by atoms with E-state index in [2.05, 4.69) is 22.4 Å². The Morgan fingerprint density at radius 3 is 2.69 bits per heavy atom. The molecule has 1 aromatic carbocycles. The van der Waals surface area contributed by atoms with E-state index < -0.39 is 5.91 Å². The van der Waals surface area contributed by atoms with Crippen LogP contribution in [0.25, 0.3) is 20.7 Å². The number of hydrazine groups is 1. The number of nitrogens with zero attached hydrogens (tertiary/aromatic N) is 2. The number of hydrogen-bond acceptors (Lipinski definition) is 7. The van der Waals surface area contributed by atoms with E-state index in [0.717, 1.165) is 22.2 Å². The van der Waals surface area contributed by atoms with Gasteiger partial charge in [0.05, 0.1) is 16.0 Å². The molecule has 0 atom stereocenters. The summed E-state index contributed by atoms with van der Waals surface area (Å²) in [5, 5.41) is 2.73. The van der Waals surface area contributed by atoms with Crippen molar-refractivity contribution in [3.8, 4) is 10.4 Å². The van der Waals surface area contributed by atoms with Gasteiger partial charge in [-0.05, 0) is 23.1 Å². The van der Waals surface area contributed by atoms with E-state index in [1.807, 2.05) is 36.4 Å². The highest BCUT2D eigenvalue weighted by molar-refractivity contribution is 7.99. The minimum Gasteiger partial charge on any atom is -0.283 e. The lowest BCUT2D eigenvalue weighted by Gasteiger charge is -2.10. The van der Waals surface area contributed by atoms with Crippen LogP contribution in [-0.2, 0) is 11.3 Å². The van der Waals surface area contributed by atoms with Crippen molar-refractivity contribution in [1.29, 1.82) is 0 Å². The van der Waals surface area contributed by atoms with Crippen LogP contribution in [-0.4, -0.2) is 27.1 Å². The Morgan fingerprint density at radius 1 is 1.16 bits per heavy atom. The number of thiophene rings is 2. The average Bonchev–Trinajstić information content (AvgIpc) is 3.49. The monoisotopic (exact) mass is 482 g/mol. The maximum Gasteiger partial charge on any atom is 0.279 e. The molecule has 3 heterocycles. The van der Waals surface area contributed by atoms with E-state index in [-0.39, 0.29) is 23.8 Å². The van der Waals surface area contributed by atoms with E-state index in [0.29, 0.717) is 20.3 Å². The van der Waals surface area contributed by atoms with Crippen LogP contribution in [0.2, 0.25) is 0 Å². The third-order valence-electron chi connectivity index (χ3n) is 4.38. The molecular formula is C22H18N4O3S3. The Kier molecular flexibility index (Phi) is 6.84. The number of fused-ring (bicyclic) bond motifs is 1. The van der Waals surface area contributed by atoms with Crippen LogP contribution >= 0.6 is 34.4 Å². The SMILES string of the molecule is C=CCn1c(SCC(=O)NNC(=O)c2cccs2)nc2sc(-c3ccccc3)cc2c1=O. The van der Waals surface area contributed by atoms with Crippen LogP contribution in [0.1, 0.15) is 9.67 Å². The lowest BCUT2D eigenvalue weighted by atomic mass is 10.2. The smallest absolute Gasteiger partial charge is 0.279 e. The summed E-state index contributed by atoms with van der Waals surface area (Å²) in [5.41, 5.74) is 5.60. The van der Waals surface area contributed by atoms with Crippen LogP contribution in [0, 0.1) is 0 Å². The highest BCUT2D eigenvalue weighted by atomic mass is 32.2. The number of benzene rings is 1. The van der Waals surface area contributed by atoms with Crippen molar-refractivity contribution in [2.45, 2.75) is 11.7 Å². The van der Waals surface area contributed by atoms with Crippen LogP contribution in [0.5, 0.6) is 0 Å². The highest BCUT2D eigenvalue weighted by Gasteiger charge is 2.16. The van der Waals surface area contributed by atoms with Gasteiger partial charge in [0.15, 0.2) is 5.16 Å². The molecule has 32 heavy (non-hydrogen) atoms. The molecule has 0 aliphatic heterocycles. The Labute approximate surface area is 195 Å². The van der Waals surface area contributed by atoms with Gasteiger partial charge in [0, 0.05) is 11.4 Å². The maximum atomic E-state index is 13.1. The number of allylic oxidation sites excluding steroid dienone is 1. The highest BCUT2D eigenvalue weighted by Crippen LogP contribution is 2.32. The van der Waals surface area contributed by atoms with Crippen molar-refractivity contribution in [2.24, 2.45) is 0 Å². The predicted octanol–water partition coefficient (Wildman–Crippen LogP) is 3.93. The molecule has 0 fully saturated rings. The molecule has 0 unspecified atom stereocenters. The number of nitrogens with one attached hydrogen (secondary N) is 2. The first-order valence-corrected chi connectivity index (χ1v) is 12.2. The maximum absolute atomic E-state index is 13.1. The first-order valence-electron chi connectivity index (χ1n) is 9.53. The van der Waals surface area contributed by atoms with Crippen LogP contribution < -0.4 is 16.4 Å². The average molecular weight is 483 g/mol. The molecule has 0 spiro atoms. The summed E-state index contributed by atoms with van der Waals surface area (Å²) in [6, 6.07) is 15.1. The third kappa shape index (κ3) is 4.82. The molecule has 162 valence electrons. The Balaban J connectivity index is 1.52. The molecule has 0 bridgehead atoms. The summed E-state index contributed by atoms with van der Waals surface area (Å²) in [4.78, 5) is 44.0. The van der Waals surface area contributed by atoms with E-state index in [9.17, 15) is 14.4 Å². The molecule has 4 aromatic rings. The number of aromatic nitrogens is 2. The quantitative estimate of drug-likeness (QED) is 0.180. The van der Waals surface area contributed by atoms with Gasteiger partial charge in [0.2, 0.25) is 5.91 Å². The summed E-state index contributed by atoms with van der Waals surface area (Å²) in [6.07, 6.45) is 1.62. The number of carbonyl (C=O) groups excluding carboxylic acids is 2. The molecule has 10 heteroatoms. The summed E-state index contributed by atoms with van der Waals surface area (Å²) in [7, 11) is 0. The zero-order valence-electron chi connectivity index (χ0n) is 16.7. The number of rotatable bonds is 7. The summed E-state index contributed by atoms with van der Waals surface area (Å²) in [6.45, 7) is 3.99. The van der Waals surface area contributed by atoms with Gasteiger partial charge in [-0.3, -0.25) is 29.8 Å². The van der Waals surface area contributed by atoms with Gasteiger partial charge in [-0.25, -0.2) is 4.98 Å². The van der Waals surface area contributed by atoms with E-state index >= 15 is 0 Å². The van der Waals surface area contributed by atoms with Crippen LogP contribution in [0.3, 0.4) is 0 Å². The molecule has 0 saturated carbocycles. The van der Waals surface area contributed by atoms with Gasteiger partial charge < -0.3 is 0 Å². The third-order valence-corrected chi connectivity index (χ3v) is 7.30. The van der Waals surface area contributed by atoms with Crippen LogP contribution in [0.15, 0.2) is 76.5 Å². The minimum atomic E-state index is -0.407. The molecule has 7 nitrogen and oxygen atoms in total. The zero-order valence-corrected chi connectivity index (χ0v) is 19.2. The molecule has 0 aliphatic carbocycles. The lowest BCUT2D eigenvalue weighted by Crippen LogP contribution is -2.42. The number of carbonyl (C=O) groups is 2. The predicted molar refractivity (Wildman–Crippen MR) is 130 cm³/mol. The van der Waals surface area contributed by atoms with Crippen molar-refractivity contribution >= 4 is 56.5 Å². The Morgan fingerprint density at radius 2 is 1.97 bits per heavy atom. The molecule has 0 saturated heterocycles. The molecule has 2 amide bonds.